The van der Waals surface area contributed by atoms with Crippen LogP contribution in [0.5, 0.6) is 0 Å². The summed E-state index contributed by atoms with van der Waals surface area (Å²) in [7, 11) is 0. The largest absolute Gasteiger partial charge is 0.396 e. The third-order valence-corrected chi connectivity index (χ3v) is 8.60. The first-order valence-corrected chi connectivity index (χ1v) is 14.1. The highest BCUT2D eigenvalue weighted by Gasteiger charge is 2.28. The van der Waals surface area contributed by atoms with Gasteiger partial charge in [-0.2, -0.15) is 5.10 Å². The van der Waals surface area contributed by atoms with Crippen LogP contribution in [0.4, 0.5) is 5.00 Å². The topological polar surface area (TPSA) is 94.0 Å². The molecule has 7 nitrogen and oxygen atoms in total. The van der Waals surface area contributed by atoms with E-state index in [1.807, 2.05) is 55.5 Å². The molecule has 0 bridgehead atoms. The van der Waals surface area contributed by atoms with Crippen molar-refractivity contribution in [1.82, 2.24) is 10.3 Å². The SMILES string of the molecule is Cc1ccc(C=NNC(=O)c2c(NC(=O)c3cccc(CN4CCC(CO)CC4)c3)sc3c2CCC3)cc1. The molecule has 0 unspecified atom stereocenters. The lowest BCUT2D eigenvalue weighted by Gasteiger charge is -2.31. The lowest BCUT2D eigenvalue weighted by Crippen LogP contribution is -2.34. The number of rotatable bonds is 8. The molecule has 198 valence electrons. The molecule has 2 heterocycles. The van der Waals surface area contributed by atoms with E-state index < -0.39 is 0 Å². The number of aliphatic hydroxyl groups is 1. The number of carbonyl (C=O) groups excluding carboxylic acids is 2. The molecule has 1 aromatic heterocycles. The van der Waals surface area contributed by atoms with Gasteiger partial charge in [0, 0.05) is 23.6 Å². The number of thiophene rings is 1. The lowest BCUT2D eigenvalue weighted by molar-refractivity contribution is 0.0955. The number of hydrazone groups is 1. The molecule has 1 saturated heterocycles. The Bertz CT molecular complexity index is 1320. The summed E-state index contributed by atoms with van der Waals surface area (Å²) in [5.41, 5.74) is 7.92. The number of hydrogen-bond donors (Lipinski definition) is 3. The molecule has 5 rings (SSSR count). The predicted octanol–water partition coefficient (Wildman–Crippen LogP) is 4.77. The number of fused-ring (bicyclic) bond motifs is 1. The number of amides is 2. The summed E-state index contributed by atoms with van der Waals surface area (Å²) in [6, 6.07) is 15.6. The van der Waals surface area contributed by atoms with Crippen LogP contribution in [0.2, 0.25) is 0 Å². The van der Waals surface area contributed by atoms with Crippen LogP contribution in [-0.4, -0.2) is 47.7 Å². The van der Waals surface area contributed by atoms with Gasteiger partial charge in [-0.05, 0) is 86.9 Å². The van der Waals surface area contributed by atoms with E-state index in [0.717, 1.165) is 78.9 Å². The molecule has 1 aliphatic heterocycles. The van der Waals surface area contributed by atoms with Crippen molar-refractivity contribution in [2.45, 2.75) is 45.6 Å². The molecule has 1 aliphatic carbocycles. The molecule has 3 N–H and O–H groups in total. The van der Waals surface area contributed by atoms with E-state index >= 15 is 0 Å². The fourth-order valence-corrected chi connectivity index (χ4v) is 6.46. The van der Waals surface area contributed by atoms with Crippen molar-refractivity contribution in [3.05, 3.63) is 86.8 Å². The van der Waals surface area contributed by atoms with Gasteiger partial charge in [0.05, 0.1) is 11.8 Å². The maximum absolute atomic E-state index is 13.3. The Hall–Kier alpha value is -3.33. The molecule has 0 atom stereocenters. The van der Waals surface area contributed by atoms with Gasteiger partial charge in [0.1, 0.15) is 5.00 Å². The molecule has 0 saturated carbocycles. The highest BCUT2D eigenvalue weighted by Crippen LogP contribution is 2.39. The molecule has 2 amide bonds. The van der Waals surface area contributed by atoms with Crippen LogP contribution < -0.4 is 10.7 Å². The van der Waals surface area contributed by atoms with Crippen LogP contribution in [-0.2, 0) is 19.4 Å². The zero-order valence-electron chi connectivity index (χ0n) is 21.7. The summed E-state index contributed by atoms with van der Waals surface area (Å²) < 4.78 is 0. The van der Waals surface area contributed by atoms with Crippen molar-refractivity contribution in [1.29, 1.82) is 0 Å². The number of benzene rings is 2. The second-order valence-corrected chi connectivity index (χ2v) is 11.3. The number of anilines is 1. The summed E-state index contributed by atoms with van der Waals surface area (Å²) in [6.45, 7) is 4.96. The minimum Gasteiger partial charge on any atom is -0.396 e. The Morgan fingerprint density at radius 2 is 1.89 bits per heavy atom. The molecule has 8 heteroatoms. The number of carbonyl (C=O) groups is 2. The van der Waals surface area contributed by atoms with Gasteiger partial charge in [-0.25, -0.2) is 5.43 Å². The van der Waals surface area contributed by atoms with Gasteiger partial charge >= 0.3 is 0 Å². The van der Waals surface area contributed by atoms with Crippen LogP contribution in [0.1, 0.15) is 67.1 Å². The first kappa shape index (κ1) is 26.3. The van der Waals surface area contributed by atoms with E-state index in [0.29, 0.717) is 22.0 Å². The molecule has 0 radical (unpaired) electrons. The van der Waals surface area contributed by atoms with Crippen LogP contribution in [0, 0.1) is 12.8 Å². The fraction of sp³-hybridized carbons (Fsp3) is 0.367. The number of aliphatic hydroxyl groups excluding tert-OH is 1. The van der Waals surface area contributed by atoms with Gasteiger partial charge in [0.25, 0.3) is 11.8 Å². The van der Waals surface area contributed by atoms with E-state index in [-0.39, 0.29) is 18.4 Å². The molecule has 38 heavy (non-hydrogen) atoms. The summed E-state index contributed by atoms with van der Waals surface area (Å²) in [5, 5.41) is 17.1. The van der Waals surface area contributed by atoms with Crippen LogP contribution in [0.15, 0.2) is 53.6 Å². The first-order valence-electron chi connectivity index (χ1n) is 13.3. The highest BCUT2D eigenvalue weighted by molar-refractivity contribution is 7.17. The third kappa shape index (κ3) is 6.20. The van der Waals surface area contributed by atoms with Crippen molar-refractivity contribution in [3.8, 4) is 0 Å². The van der Waals surface area contributed by atoms with Crippen molar-refractivity contribution in [2.24, 2.45) is 11.0 Å². The van der Waals surface area contributed by atoms with E-state index in [1.165, 1.54) is 11.3 Å². The molecule has 3 aromatic rings. The van der Waals surface area contributed by atoms with Gasteiger partial charge in [0.2, 0.25) is 0 Å². The Labute approximate surface area is 227 Å². The minimum absolute atomic E-state index is 0.219. The van der Waals surface area contributed by atoms with Crippen molar-refractivity contribution in [3.63, 3.8) is 0 Å². The summed E-state index contributed by atoms with van der Waals surface area (Å²) in [5.74, 6) is -0.124. The van der Waals surface area contributed by atoms with Crippen molar-refractivity contribution in [2.75, 3.05) is 25.0 Å². The van der Waals surface area contributed by atoms with Gasteiger partial charge in [-0.3, -0.25) is 14.5 Å². The summed E-state index contributed by atoms with van der Waals surface area (Å²) in [4.78, 5) is 30.0. The highest BCUT2D eigenvalue weighted by atomic mass is 32.1. The second-order valence-electron chi connectivity index (χ2n) is 10.2. The zero-order valence-corrected chi connectivity index (χ0v) is 22.5. The van der Waals surface area contributed by atoms with Gasteiger partial charge in [-0.1, -0.05) is 42.0 Å². The smallest absolute Gasteiger partial charge is 0.274 e. The average Bonchev–Trinajstić information content (AvgIpc) is 3.51. The molecule has 2 aliphatic rings. The van der Waals surface area contributed by atoms with Gasteiger partial charge in [0.15, 0.2) is 0 Å². The zero-order chi connectivity index (χ0) is 26.5. The molecular formula is C30H34N4O3S. The van der Waals surface area contributed by atoms with E-state index in [1.54, 1.807) is 6.21 Å². The number of aryl methyl sites for hydroxylation is 2. The molecule has 2 aromatic carbocycles. The first-order chi connectivity index (χ1) is 18.5. The Morgan fingerprint density at radius 1 is 1.11 bits per heavy atom. The second kappa shape index (κ2) is 12.0. The minimum atomic E-state index is -0.303. The summed E-state index contributed by atoms with van der Waals surface area (Å²) >= 11 is 1.49. The van der Waals surface area contributed by atoms with E-state index in [2.05, 4.69) is 20.7 Å². The van der Waals surface area contributed by atoms with Crippen LogP contribution in [0.25, 0.3) is 0 Å². The van der Waals surface area contributed by atoms with E-state index in [9.17, 15) is 14.7 Å². The number of piperidine rings is 1. The maximum atomic E-state index is 13.3. The van der Waals surface area contributed by atoms with Crippen LogP contribution >= 0.6 is 11.3 Å². The average molecular weight is 531 g/mol. The molecular weight excluding hydrogens is 496 g/mol. The number of hydrogen-bond acceptors (Lipinski definition) is 6. The fourth-order valence-electron chi connectivity index (χ4n) is 5.18. The van der Waals surface area contributed by atoms with E-state index in [4.69, 9.17) is 0 Å². The van der Waals surface area contributed by atoms with Gasteiger partial charge in [-0.15, -0.1) is 11.3 Å². The summed E-state index contributed by atoms with van der Waals surface area (Å²) in [6.07, 6.45) is 6.39. The third-order valence-electron chi connectivity index (χ3n) is 7.39. The maximum Gasteiger partial charge on any atom is 0.274 e. The molecule has 1 fully saturated rings. The predicted molar refractivity (Wildman–Crippen MR) is 152 cm³/mol. The standard InChI is InChI=1S/C30H34N4O3S/c1-20-8-10-21(11-9-20)17-31-33-29(37)27-25-6-3-7-26(25)38-30(27)32-28(36)24-5-2-4-23(16-24)18-34-14-12-22(19-35)13-15-34/h2,4-5,8-11,16-17,22,35H,3,6-7,12-15,18-19H2,1H3,(H,32,36)(H,33,37). The van der Waals surface area contributed by atoms with Crippen molar-refractivity contribution < 1.29 is 14.7 Å². The number of nitrogens with one attached hydrogen (secondary N) is 2. The monoisotopic (exact) mass is 530 g/mol. The molecule has 0 spiro atoms. The lowest BCUT2D eigenvalue weighted by atomic mass is 9.97. The number of nitrogens with zero attached hydrogens (tertiary/aromatic N) is 2. The van der Waals surface area contributed by atoms with Gasteiger partial charge < -0.3 is 10.4 Å². The van der Waals surface area contributed by atoms with Crippen LogP contribution in [0.3, 0.4) is 0 Å². The Balaban J connectivity index is 1.27. The quantitative estimate of drug-likeness (QED) is 0.289. The van der Waals surface area contributed by atoms with Crippen molar-refractivity contribution >= 4 is 34.4 Å². The Kier molecular flexibility index (Phi) is 8.32. The Morgan fingerprint density at radius 3 is 2.66 bits per heavy atom. The normalized spacial score (nSPS) is 16.1. The number of likely N-dealkylation sites (tertiary alicyclic amines) is 1.